The van der Waals surface area contributed by atoms with Crippen molar-refractivity contribution in [1.82, 2.24) is 4.90 Å². The lowest BCUT2D eigenvalue weighted by Crippen LogP contribution is -2.44. The van der Waals surface area contributed by atoms with Gasteiger partial charge in [-0.05, 0) is 39.0 Å². The first-order valence-corrected chi connectivity index (χ1v) is 6.08. The van der Waals surface area contributed by atoms with Crippen molar-refractivity contribution < 1.29 is 9.59 Å². The van der Waals surface area contributed by atoms with E-state index >= 15 is 0 Å². The van der Waals surface area contributed by atoms with E-state index < -0.39 is 0 Å². The van der Waals surface area contributed by atoms with Gasteiger partial charge in [0.1, 0.15) is 6.54 Å². The number of benzene rings is 1. The van der Waals surface area contributed by atoms with Crippen LogP contribution < -0.4 is 4.90 Å². The smallest absolute Gasteiger partial charge is 0.310 e. The van der Waals surface area contributed by atoms with Gasteiger partial charge in [0, 0.05) is 10.6 Å². The van der Waals surface area contributed by atoms with Crippen LogP contribution in [0, 0.1) is 0 Å². The Balaban J connectivity index is 2.36. The lowest BCUT2D eigenvalue weighted by Gasteiger charge is -2.30. The first-order chi connectivity index (χ1) is 8.30. The Morgan fingerprint density at radius 2 is 1.89 bits per heavy atom. The number of amides is 3. The molecule has 0 spiro atoms. The van der Waals surface area contributed by atoms with E-state index in [0.29, 0.717) is 10.7 Å². The minimum Gasteiger partial charge on any atom is -0.310 e. The molecule has 96 valence electrons. The maximum Gasteiger partial charge on any atom is 0.332 e. The number of anilines is 1. The zero-order valence-corrected chi connectivity index (χ0v) is 11.4. The number of imide groups is 1. The van der Waals surface area contributed by atoms with Crippen LogP contribution in [0.5, 0.6) is 0 Å². The van der Waals surface area contributed by atoms with Crippen LogP contribution in [-0.4, -0.2) is 28.9 Å². The number of nitrogens with zero attached hydrogens (tertiary/aromatic N) is 2. The van der Waals surface area contributed by atoms with Crippen molar-refractivity contribution in [3.63, 3.8) is 0 Å². The molecule has 4 nitrogen and oxygen atoms in total. The summed E-state index contributed by atoms with van der Waals surface area (Å²) in [6, 6.07) is 6.45. The Labute approximate surface area is 111 Å². The molecule has 1 aliphatic heterocycles. The Kier molecular flexibility index (Phi) is 3.07. The number of urea groups is 1. The molecule has 2 rings (SSSR count). The molecule has 1 heterocycles. The second kappa shape index (κ2) is 4.28. The van der Waals surface area contributed by atoms with Gasteiger partial charge in [0.05, 0.1) is 5.69 Å². The lowest BCUT2D eigenvalue weighted by atomic mass is 10.1. The fourth-order valence-electron chi connectivity index (χ4n) is 1.89. The van der Waals surface area contributed by atoms with E-state index in [1.165, 1.54) is 4.90 Å². The van der Waals surface area contributed by atoms with Gasteiger partial charge in [0.25, 0.3) is 5.91 Å². The predicted molar refractivity (Wildman–Crippen MR) is 70.8 cm³/mol. The fourth-order valence-corrected chi connectivity index (χ4v) is 2.08. The highest BCUT2D eigenvalue weighted by Crippen LogP contribution is 2.27. The Hall–Kier alpha value is -1.55. The number of halogens is 1. The monoisotopic (exact) mass is 266 g/mol. The molecule has 0 bridgehead atoms. The molecular formula is C13H15ClN2O2. The summed E-state index contributed by atoms with van der Waals surface area (Å²) >= 11 is 5.88. The average molecular weight is 267 g/mol. The highest BCUT2D eigenvalue weighted by Gasteiger charge is 2.42. The number of hydrogen-bond donors (Lipinski definition) is 0. The first-order valence-electron chi connectivity index (χ1n) is 5.71. The molecule has 1 aromatic rings. The normalized spacial score (nSPS) is 16.7. The van der Waals surface area contributed by atoms with Gasteiger partial charge in [-0.1, -0.05) is 17.7 Å². The molecule has 0 N–H and O–H groups in total. The number of hydrogen-bond acceptors (Lipinski definition) is 2. The van der Waals surface area contributed by atoms with Crippen LogP contribution in [0.25, 0.3) is 0 Å². The third kappa shape index (κ3) is 2.20. The molecule has 0 saturated carbocycles. The van der Waals surface area contributed by atoms with Crippen molar-refractivity contribution in [3.8, 4) is 0 Å². The fraction of sp³-hybridized carbons (Fsp3) is 0.385. The number of carbonyl (C=O) groups excluding carboxylic acids is 2. The van der Waals surface area contributed by atoms with Crippen molar-refractivity contribution in [2.24, 2.45) is 0 Å². The van der Waals surface area contributed by atoms with Gasteiger partial charge in [-0.25, -0.2) is 9.69 Å². The molecule has 18 heavy (non-hydrogen) atoms. The third-order valence-corrected chi connectivity index (χ3v) is 3.08. The SMILES string of the molecule is CC(C)(C)N1CC(=O)N(c2cccc(Cl)c2)C1=O. The molecule has 1 aliphatic rings. The maximum atomic E-state index is 12.3. The van der Waals surface area contributed by atoms with Crippen molar-refractivity contribution in [2.45, 2.75) is 26.3 Å². The summed E-state index contributed by atoms with van der Waals surface area (Å²) in [6.45, 7) is 5.81. The molecule has 1 aromatic carbocycles. The van der Waals surface area contributed by atoms with Gasteiger partial charge < -0.3 is 4.90 Å². The van der Waals surface area contributed by atoms with E-state index in [2.05, 4.69) is 0 Å². The van der Waals surface area contributed by atoms with Gasteiger partial charge in [0.15, 0.2) is 0 Å². The van der Waals surface area contributed by atoms with Crippen LogP contribution in [0.2, 0.25) is 5.02 Å². The summed E-state index contributed by atoms with van der Waals surface area (Å²) in [5.41, 5.74) is 0.143. The molecule has 1 saturated heterocycles. The first kappa shape index (κ1) is 12.9. The van der Waals surface area contributed by atoms with Gasteiger partial charge in [-0.2, -0.15) is 0 Å². The van der Waals surface area contributed by atoms with E-state index in [4.69, 9.17) is 11.6 Å². The Bertz CT molecular complexity index is 508. The predicted octanol–water partition coefficient (Wildman–Crippen LogP) is 2.91. The zero-order valence-electron chi connectivity index (χ0n) is 10.6. The lowest BCUT2D eigenvalue weighted by molar-refractivity contribution is -0.117. The second-order valence-electron chi connectivity index (χ2n) is 5.25. The number of carbonyl (C=O) groups is 2. The Morgan fingerprint density at radius 3 is 2.39 bits per heavy atom. The van der Waals surface area contributed by atoms with Crippen LogP contribution in [0.15, 0.2) is 24.3 Å². The molecule has 0 aliphatic carbocycles. The van der Waals surface area contributed by atoms with E-state index in [9.17, 15) is 9.59 Å². The van der Waals surface area contributed by atoms with E-state index in [0.717, 1.165) is 0 Å². The van der Waals surface area contributed by atoms with Crippen LogP contribution in [0.3, 0.4) is 0 Å². The third-order valence-electron chi connectivity index (χ3n) is 2.84. The van der Waals surface area contributed by atoms with Crippen molar-refractivity contribution in [3.05, 3.63) is 29.3 Å². The van der Waals surface area contributed by atoms with E-state index in [1.807, 2.05) is 20.8 Å². The summed E-state index contributed by atoms with van der Waals surface area (Å²) in [7, 11) is 0. The molecule has 3 amide bonds. The molecule has 5 heteroatoms. The highest BCUT2D eigenvalue weighted by molar-refractivity contribution is 6.31. The van der Waals surface area contributed by atoms with E-state index in [1.54, 1.807) is 29.2 Å². The summed E-state index contributed by atoms with van der Waals surface area (Å²) in [6.07, 6.45) is 0. The van der Waals surface area contributed by atoms with Crippen LogP contribution in [0.4, 0.5) is 10.5 Å². The molecule has 0 atom stereocenters. The van der Waals surface area contributed by atoms with Gasteiger partial charge in [-0.3, -0.25) is 4.79 Å². The minimum absolute atomic E-state index is 0.106. The zero-order chi connectivity index (χ0) is 13.5. The molecule has 0 unspecified atom stereocenters. The van der Waals surface area contributed by atoms with Crippen molar-refractivity contribution in [2.75, 3.05) is 11.4 Å². The quantitative estimate of drug-likeness (QED) is 0.734. The molecular weight excluding hydrogens is 252 g/mol. The maximum absolute atomic E-state index is 12.3. The van der Waals surface area contributed by atoms with Gasteiger partial charge in [0.2, 0.25) is 0 Å². The summed E-state index contributed by atoms with van der Waals surface area (Å²) < 4.78 is 0. The standard InChI is InChI=1S/C13H15ClN2O2/c1-13(2,3)15-8-11(17)16(12(15)18)10-6-4-5-9(14)7-10/h4-7H,8H2,1-3H3. The minimum atomic E-state index is -0.375. The largest absolute Gasteiger partial charge is 0.332 e. The van der Waals surface area contributed by atoms with Gasteiger partial charge >= 0.3 is 6.03 Å². The highest BCUT2D eigenvalue weighted by atomic mass is 35.5. The summed E-state index contributed by atoms with van der Waals surface area (Å²) in [4.78, 5) is 27.0. The van der Waals surface area contributed by atoms with Crippen LogP contribution in [0.1, 0.15) is 20.8 Å². The molecule has 0 radical (unpaired) electrons. The summed E-state index contributed by atoms with van der Waals surface area (Å²) in [5.74, 6) is -0.225. The van der Waals surface area contributed by atoms with Gasteiger partial charge in [-0.15, -0.1) is 0 Å². The van der Waals surface area contributed by atoms with E-state index in [-0.39, 0.29) is 24.0 Å². The summed E-state index contributed by atoms with van der Waals surface area (Å²) in [5, 5.41) is 0.502. The van der Waals surface area contributed by atoms with Crippen molar-refractivity contribution in [1.29, 1.82) is 0 Å². The van der Waals surface area contributed by atoms with Crippen LogP contribution in [-0.2, 0) is 4.79 Å². The molecule has 0 aromatic heterocycles. The molecule has 1 fully saturated rings. The van der Waals surface area contributed by atoms with Crippen LogP contribution >= 0.6 is 11.6 Å². The second-order valence-corrected chi connectivity index (χ2v) is 5.68. The Morgan fingerprint density at radius 1 is 1.22 bits per heavy atom. The average Bonchev–Trinajstić information content (AvgIpc) is 2.54. The topological polar surface area (TPSA) is 40.6 Å². The number of rotatable bonds is 1. The van der Waals surface area contributed by atoms with Crippen molar-refractivity contribution >= 4 is 29.2 Å².